The maximum Gasteiger partial charge on any atom is 0.223 e. The van der Waals surface area contributed by atoms with Gasteiger partial charge in [-0.3, -0.25) is 4.79 Å². The number of nitrogens with zero attached hydrogens (tertiary/aromatic N) is 1. The first-order valence-electron chi connectivity index (χ1n) is 6.18. The van der Waals surface area contributed by atoms with Crippen molar-refractivity contribution in [3.05, 3.63) is 0 Å². The topological polar surface area (TPSA) is 20.3 Å². The number of carbonyl (C=O) groups is 1. The van der Waals surface area contributed by atoms with Crippen LogP contribution in [-0.2, 0) is 4.79 Å². The van der Waals surface area contributed by atoms with Gasteiger partial charge in [-0.05, 0) is 31.6 Å². The van der Waals surface area contributed by atoms with Gasteiger partial charge >= 0.3 is 0 Å². The third-order valence-electron chi connectivity index (χ3n) is 3.81. The molecule has 2 nitrogen and oxygen atoms in total. The highest BCUT2D eigenvalue weighted by Crippen LogP contribution is 2.36. The molecule has 0 aromatic rings. The van der Waals surface area contributed by atoms with Crippen molar-refractivity contribution < 1.29 is 4.79 Å². The molecule has 0 N–H and O–H groups in total. The maximum atomic E-state index is 12.1. The standard InChI is InChI=1S/C13H25NO/c1-10(2)9-12(15)14-8-6-7-13(14,5)11(3)4/h10-11H,6-9H2,1-5H3. The van der Waals surface area contributed by atoms with Gasteiger partial charge in [0.1, 0.15) is 0 Å². The normalized spacial score (nSPS) is 26.7. The fraction of sp³-hybridized carbons (Fsp3) is 0.923. The Kier molecular flexibility index (Phi) is 3.80. The smallest absolute Gasteiger partial charge is 0.223 e. The summed E-state index contributed by atoms with van der Waals surface area (Å²) in [5, 5.41) is 0. The van der Waals surface area contributed by atoms with Gasteiger partial charge in [0, 0.05) is 18.5 Å². The lowest BCUT2D eigenvalue weighted by atomic mass is 9.85. The van der Waals surface area contributed by atoms with E-state index in [0.717, 1.165) is 13.0 Å². The molecule has 1 saturated heterocycles. The van der Waals surface area contributed by atoms with E-state index in [1.54, 1.807) is 0 Å². The number of likely N-dealkylation sites (tertiary alicyclic amines) is 1. The average Bonchev–Trinajstić information content (AvgIpc) is 2.47. The highest BCUT2D eigenvalue weighted by molar-refractivity contribution is 5.77. The summed E-state index contributed by atoms with van der Waals surface area (Å²) in [4.78, 5) is 14.2. The SMILES string of the molecule is CC(C)CC(=O)N1CCCC1(C)C(C)C. The predicted octanol–water partition coefficient (Wildman–Crippen LogP) is 3.07. The van der Waals surface area contributed by atoms with Crippen LogP contribution in [-0.4, -0.2) is 22.9 Å². The number of hydrogen-bond donors (Lipinski definition) is 0. The van der Waals surface area contributed by atoms with E-state index in [9.17, 15) is 4.79 Å². The summed E-state index contributed by atoms with van der Waals surface area (Å²) in [7, 11) is 0. The number of hydrogen-bond acceptors (Lipinski definition) is 1. The zero-order valence-corrected chi connectivity index (χ0v) is 10.8. The second-order valence-corrected chi connectivity index (χ2v) is 5.76. The van der Waals surface area contributed by atoms with Crippen LogP contribution in [0.25, 0.3) is 0 Å². The molecule has 1 aliphatic heterocycles. The van der Waals surface area contributed by atoms with Crippen LogP contribution in [0, 0.1) is 11.8 Å². The molecule has 1 atom stereocenters. The van der Waals surface area contributed by atoms with Gasteiger partial charge in [-0.25, -0.2) is 0 Å². The van der Waals surface area contributed by atoms with Crippen LogP contribution in [0.15, 0.2) is 0 Å². The molecule has 88 valence electrons. The van der Waals surface area contributed by atoms with Gasteiger partial charge in [-0.15, -0.1) is 0 Å². The molecule has 0 saturated carbocycles. The maximum absolute atomic E-state index is 12.1. The van der Waals surface area contributed by atoms with E-state index in [-0.39, 0.29) is 5.54 Å². The van der Waals surface area contributed by atoms with E-state index >= 15 is 0 Å². The van der Waals surface area contributed by atoms with Crippen LogP contribution < -0.4 is 0 Å². The average molecular weight is 211 g/mol. The fourth-order valence-electron chi connectivity index (χ4n) is 2.45. The zero-order chi connectivity index (χ0) is 11.6. The van der Waals surface area contributed by atoms with Crippen molar-refractivity contribution in [2.75, 3.05) is 6.54 Å². The van der Waals surface area contributed by atoms with Crippen LogP contribution in [0.3, 0.4) is 0 Å². The minimum absolute atomic E-state index is 0.103. The summed E-state index contributed by atoms with van der Waals surface area (Å²) in [6.07, 6.45) is 3.02. The van der Waals surface area contributed by atoms with Gasteiger partial charge in [-0.1, -0.05) is 27.7 Å². The van der Waals surface area contributed by atoms with Crippen molar-refractivity contribution in [3.8, 4) is 0 Å². The van der Waals surface area contributed by atoms with E-state index < -0.39 is 0 Å². The minimum Gasteiger partial charge on any atom is -0.337 e. The van der Waals surface area contributed by atoms with Gasteiger partial charge < -0.3 is 4.90 Å². The molecule has 1 unspecified atom stereocenters. The van der Waals surface area contributed by atoms with Crippen molar-refractivity contribution in [2.45, 2.75) is 59.4 Å². The lowest BCUT2D eigenvalue weighted by molar-refractivity contribution is -0.137. The third kappa shape index (κ3) is 2.53. The highest BCUT2D eigenvalue weighted by atomic mass is 16.2. The van der Waals surface area contributed by atoms with Crippen molar-refractivity contribution in [1.29, 1.82) is 0 Å². The Bertz CT molecular complexity index is 235. The summed E-state index contributed by atoms with van der Waals surface area (Å²) >= 11 is 0. The van der Waals surface area contributed by atoms with Gasteiger partial charge in [0.25, 0.3) is 0 Å². The molecule has 0 aliphatic carbocycles. The predicted molar refractivity (Wildman–Crippen MR) is 63.6 cm³/mol. The summed E-state index contributed by atoms with van der Waals surface area (Å²) < 4.78 is 0. The summed E-state index contributed by atoms with van der Waals surface area (Å²) in [5.41, 5.74) is 0.103. The van der Waals surface area contributed by atoms with Crippen molar-refractivity contribution in [1.82, 2.24) is 4.90 Å². The molecule has 0 bridgehead atoms. The largest absolute Gasteiger partial charge is 0.337 e. The molecule has 0 aromatic carbocycles. The Morgan fingerprint density at radius 2 is 1.93 bits per heavy atom. The highest BCUT2D eigenvalue weighted by Gasteiger charge is 2.41. The number of amides is 1. The second kappa shape index (κ2) is 4.54. The molecule has 1 heterocycles. The summed E-state index contributed by atoms with van der Waals surface area (Å²) in [5.74, 6) is 1.37. The molecular formula is C13H25NO. The molecule has 1 fully saturated rings. The van der Waals surface area contributed by atoms with Gasteiger partial charge in [-0.2, -0.15) is 0 Å². The van der Waals surface area contributed by atoms with E-state index in [2.05, 4.69) is 39.5 Å². The van der Waals surface area contributed by atoms with E-state index in [4.69, 9.17) is 0 Å². The summed E-state index contributed by atoms with van der Waals surface area (Å²) in [6, 6.07) is 0. The molecule has 2 heteroatoms. The molecule has 1 amide bonds. The Morgan fingerprint density at radius 1 is 1.33 bits per heavy atom. The van der Waals surface area contributed by atoms with Crippen molar-refractivity contribution >= 4 is 5.91 Å². The van der Waals surface area contributed by atoms with Crippen molar-refractivity contribution in [3.63, 3.8) is 0 Å². The Morgan fingerprint density at radius 3 is 2.40 bits per heavy atom. The van der Waals surface area contributed by atoms with Crippen molar-refractivity contribution in [2.24, 2.45) is 11.8 Å². The molecule has 1 aliphatic rings. The Balaban J connectivity index is 2.72. The first-order valence-corrected chi connectivity index (χ1v) is 6.18. The minimum atomic E-state index is 0.103. The Hall–Kier alpha value is -0.530. The monoisotopic (exact) mass is 211 g/mol. The van der Waals surface area contributed by atoms with Crippen LogP contribution in [0.5, 0.6) is 0 Å². The van der Waals surface area contributed by atoms with Crippen LogP contribution in [0.2, 0.25) is 0 Å². The van der Waals surface area contributed by atoms with Crippen LogP contribution >= 0.6 is 0 Å². The molecule has 0 spiro atoms. The molecule has 0 radical (unpaired) electrons. The number of rotatable bonds is 3. The summed E-state index contributed by atoms with van der Waals surface area (Å²) in [6.45, 7) is 11.9. The van der Waals surface area contributed by atoms with Gasteiger partial charge in [0.15, 0.2) is 0 Å². The van der Waals surface area contributed by atoms with E-state index in [0.29, 0.717) is 24.2 Å². The first-order chi connectivity index (χ1) is 6.88. The van der Waals surface area contributed by atoms with Crippen LogP contribution in [0.4, 0.5) is 0 Å². The molecule has 0 aromatic heterocycles. The van der Waals surface area contributed by atoms with Gasteiger partial charge in [0.2, 0.25) is 5.91 Å². The second-order valence-electron chi connectivity index (χ2n) is 5.76. The molecule has 1 rings (SSSR count). The number of carbonyl (C=O) groups excluding carboxylic acids is 1. The van der Waals surface area contributed by atoms with E-state index in [1.807, 2.05) is 0 Å². The lowest BCUT2D eigenvalue weighted by Crippen LogP contribution is -2.48. The Labute approximate surface area is 94.0 Å². The van der Waals surface area contributed by atoms with Gasteiger partial charge in [0.05, 0.1) is 0 Å². The molecular weight excluding hydrogens is 186 g/mol. The third-order valence-corrected chi connectivity index (χ3v) is 3.81. The first kappa shape index (κ1) is 12.5. The molecule has 15 heavy (non-hydrogen) atoms. The van der Waals surface area contributed by atoms with Crippen LogP contribution in [0.1, 0.15) is 53.9 Å². The lowest BCUT2D eigenvalue weighted by Gasteiger charge is -2.39. The quantitative estimate of drug-likeness (QED) is 0.702. The zero-order valence-electron chi connectivity index (χ0n) is 10.8. The van der Waals surface area contributed by atoms with E-state index in [1.165, 1.54) is 6.42 Å². The fourth-order valence-corrected chi connectivity index (χ4v) is 2.45.